The summed E-state index contributed by atoms with van der Waals surface area (Å²) in [5.74, 6) is 1.87. The number of anilines is 1. The summed E-state index contributed by atoms with van der Waals surface area (Å²) in [6, 6.07) is 6.26. The lowest BCUT2D eigenvalue weighted by molar-refractivity contribution is 0.696. The molecule has 4 heterocycles. The molecule has 3 aromatic rings. The molecule has 25 heavy (non-hydrogen) atoms. The Hall–Kier alpha value is -2.82. The SMILES string of the molecule is Cc1nc(C)c(C)c(N2CCc3ncc(-c4cccnc4)cc3C2)n1. The molecule has 5 heteroatoms. The minimum Gasteiger partial charge on any atom is -0.351 e. The Morgan fingerprint density at radius 3 is 2.72 bits per heavy atom. The summed E-state index contributed by atoms with van der Waals surface area (Å²) in [6.45, 7) is 7.86. The van der Waals surface area contributed by atoms with Gasteiger partial charge in [0.25, 0.3) is 0 Å². The predicted molar refractivity (Wildman–Crippen MR) is 98.5 cm³/mol. The van der Waals surface area contributed by atoms with E-state index in [1.165, 1.54) is 11.3 Å². The van der Waals surface area contributed by atoms with Crippen LogP contribution in [0.1, 0.15) is 28.3 Å². The van der Waals surface area contributed by atoms with E-state index in [1.54, 1.807) is 6.20 Å². The van der Waals surface area contributed by atoms with Gasteiger partial charge in [-0.05, 0) is 38.5 Å². The van der Waals surface area contributed by atoms with Crippen LogP contribution >= 0.6 is 0 Å². The van der Waals surface area contributed by atoms with Crippen LogP contribution in [0.4, 0.5) is 5.82 Å². The van der Waals surface area contributed by atoms with Crippen molar-refractivity contribution in [2.24, 2.45) is 0 Å². The molecule has 126 valence electrons. The molecule has 0 saturated heterocycles. The Morgan fingerprint density at radius 2 is 1.92 bits per heavy atom. The highest BCUT2D eigenvalue weighted by atomic mass is 15.2. The minimum absolute atomic E-state index is 0.825. The maximum atomic E-state index is 4.70. The van der Waals surface area contributed by atoms with Gasteiger partial charge in [-0.25, -0.2) is 9.97 Å². The van der Waals surface area contributed by atoms with Crippen molar-refractivity contribution in [2.45, 2.75) is 33.7 Å². The Kier molecular flexibility index (Phi) is 3.92. The minimum atomic E-state index is 0.825. The number of aryl methyl sites for hydroxylation is 2. The summed E-state index contributed by atoms with van der Waals surface area (Å²) in [7, 11) is 0. The predicted octanol–water partition coefficient (Wildman–Crippen LogP) is 3.42. The number of pyridine rings is 2. The molecule has 0 spiro atoms. The first-order chi connectivity index (χ1) is 12.1. The molecule has 0 bridgehead atoms. The third kappa shape index (κ3) is 2.97. The van der Waals surface area contributed by atoms with Crippen LogP contribution in [-0.4, -0.2) is 26.5 Å². The second-order valence-electron chi connectivity index (χ2n) is 6.55. The van der Waals surface area contributed by atoms with E-state index in [1.807, 2.05) is 32.3 Å². The average molecular weight is 331 g/mol. The van der Waals surface area contributed by atoms with Gasteiger partial charge in [-0.15, -0.1) is 0 Å². The van der Waals surface area contributed by atoms with E-state index in [4.69, 9.17) is 9.97 Å². The van der Waals surface area contributed by atoms with E-state index in [2.05, 4.69) is 33.9 Å². The van der Waals surface area contributed by atoms with Crippen LogP contribution < -0.4 is 4.90 Å². The summed E-state index contributed by atoms with van der Waals surface area (Å²) in [6.07, 6.45) is 6.56. The van der Waals surface area contributed by atoms with Gasteiger partial charge in [0, 0.05) is 66.2 Å². The van der Waals surface area contributed by atoms with Crippen LogP contribution in [0.2, 0.25) is 0 Å². The van der Waals surface area contributed by atoms with Gasteiger partial charge in [0.15, 0.2) is 0 Å². The summed E-state index contributed by atoms with van der Waals surface area (Å²) in [4.78, 5) is 20.4. The lowest BCUT2D eigenvalue weighted by atomic mass is 10.0. The van der Waals surface area contributed by atoms with Crippen LogP contribution in [0.3, 0.4) is 0 Å². The zero-order chi connectivity index (χ0) is 17.4. The smallest absolute Gasteiger partial charge is 0.135 e. The zero-order valence-electron chi connectivity index (χ0n) is 14.8. The van der Waals surface area contributed by atoms with Crippen LogP contribution in [0, 0.1) is 20.8 Å². The molecule has 4 rings (SSSR count). The average Bonchev–Trinajstić information content (AvgIpc) is 2.64. The molecule has 0 aliphatic carbocycles. The molecule has 0 amide bonds. The number of aromatic nitrogens is 4. The van der Waals surface area contributed by atoms with Crippen molar-refractivity contribution in [1.29, 1.82) is 0 Å². The second kappa shape index (κ2) is 6.24. The first-order valence-corrected chi connectivity index (χ1v) is 8.57. The van der Waals surface area contributed by atoms with Gasteiger partial charge < -0.3 is 4.90 Å². The van der Waals surface area contributed by atoms with Crippen molar-refractivity contribution in [2.75, 3.05) is 11.4 Å². The molecule has 3 aromatic heterocycles. The lowest BCUT2D eigenvalue weighted by Crippen LogP contribution is -2.32. The van der Waals surface area contributed by atoms with Gasteiger partial charge in [-0.1, -0.05) is 6.07 Å². The van der Waals surface area contributed by atoms with E-state index < -0.39 is 0 Å². The van der Waals surface area contributed by atoms with Gasteiger partial charge in [0.2, 0.25) is 0 Å². The van der Waals surface area contributed by atoms with Gasteiger partial charge in [-0.2, -0.15) is 0 Å². The number of fused-ring (bicyclic) bond motifs is 1. The van der Waals surface area contributed by atoms with Crippen molar-refractivity contribution in [3.63, 3.8) is 0 Å². The highest BCUT2D eigenvalue weighted by Crippen LogP contribution is 2.28. The van der Waals surface area contributed by atoms with Crippen molar-refractivity contribution in [3.05, 3.63) is 65.1 Å². The lowest BCUT2D eigenvalue weighted by Gasteiger charge is -2.31. The van der Waals surface area contributed by atoms with Gasteiger partial charge in [-0.3, -0.25) is 9.97 Å². The first kappa shape index (κ1) is 15.7. The molecule has 0 radical (unpaired) electrons. The number of hydrogen-bond acceptors (Lipinski definition) is 5. The Balaban J connectivity index is 1.69. The van der Waals surface area contributed by atoms with E-state index in [0.717, 1.165) is 53.5 Å². The molecule has 0 saturated carbocycles. The van der Waals surface area contributed by atoms with Crippen molar-refractivity contribution in [3.8, 4) is 11.1 Å². The second-order valence-corrected chi connectivity index (χ2v) is 6.55. The number of rotatable bonds is 2. The maximum absolute atomic E-state index is 4.70. The molecule has 1 aliphatic rings. The highest BCUT2D eigenvalue weighted by molar-refractivity contribution is 5.63. The van der Waals surface area contributed by atoms with Crippen LogP contribution in [0.5, 0.6) is 0 Å². The normalized spacial score (nSPS) is 13.6. The number of nitrogens with zero attached hydrogens (tertiary/aromatic N) is 5. The Bertz CT molecular complexity index is 921. The highest BCUT2D eigenvalue weighted by Gasteiger charge is 2.21. The maximum Gasteiger partial charge on any atom is 0.135 e. The van der Waals surface area contributed by atoms with Crippen molar-refractivity contribution < 1.29 is 0 Å². The van der Waals surface area contributed by atoms with Crippen LogP contribution in [0.15, 0.2) is 36.8 Å². The zero-order valence-corrected chi connectivity index (χ0v) is 14.8. The molecular weight excluding hydrogens is 310 g/mol. The fourth-order valence-electron chi connectivity index (χ4n) is 3.36. The molecule has 5 nitrogen and oxygen atoms in total. The summed E-state index contributed by atoms with van der Waals surface area (Å²) in [5.41, 5.74) is 6.87. The topological polar surface area (TPSA) is 54.8 Å². The fraction of sp³-hybridized carbons (Fsp3) is 0.300. The van der Waals surface area contributed by atoms with Crippen LogP contribution in [0.25, 0.3) is 11.1 Å². The Labute approximate surface area is 147 Å². The van der Waals surface area contributed by atoms with Gasteiger partial charge in [0.05, 0.1) is 0 Å². The van der Waals surface area contributed by atoms with E-state index >= 15 is 0 Å². The van der Waals surface area contributed by atoms with Gasteiger partial charge >= 0.3 is 0 Å². The van der Waals surface area contributed by atoms with E-state index in [0.29, 0.717) is 0 Å². The number of hydrogen-bond donors (Lipinski definition) is 0. The fourth-order valence-corrected chi connectivity index (χ4v) is 3.36. The van der Waals surface area contributed by atoms with Crippen molar-refractivity contribution in [1.82, 2.24) is 19.9 Å². The van der Waals surface area contributed by atoms with E-state index in [-0.39, 0.29) is 0 Å². The molecule has 0 unspecified atom stereocenters. The molecule has 0 N–H and O–H groups in total. The first-order valence-electron chi connectivity index (χ1n) is 8.57. The standard InChI is InChI=1S/C20H21N5/c1-13-14(2)23-15(3)24-20(13)25-8-6-19-18(12-25)9-17(11-22-19)16-5-4-7-21-10-16/h4-5,7,9-11H,6,8,12H2,1-3H3. The van der Waals surface area contributed by atoms with Crippen LogP contribution in [-0.2, 0) is 13.0 Å². The third-order valence-corrected chi connectivity index (χ3v) is 4.81. The molecule has 0 atom stereocenters. The quantitative estimate of drug-likeness (QED) is 0.720. The third-order valence-electron chi connectivity index (χ3n) is 4.81. The molecular formula is C20H21N5. The molecule has 0 aromatic carbocycles. The largest absolute Gasteiger partial charge is 0.351 e. The monoisotopic (exact) mass is 331 g/mol. The Morgan fingerprint density at radius 1 is 1.04 bits per heavy atom. The summed E-state index contributed by atoms with van der Waals surface area (Å²) < 4.78 is 0. The van der Waals surface area contributed by atoms with Gasteiger partial charge in [0.1, 0.15) is 11.6 Å². The summed E-state index contributed by atoms with van der Waals surface area (Å²) >= 11 is 0. The molecule has 0 fully saturated rings. The summed E-state index contributed by atoms with van der Waals surface area (Å²) in [5, 5.41) is 0. The van der Waals surface area contributed by atoms with E-state index in [9.17, 15) is 0 Å². The molecule has 1 aliphatic heterocycles. The van der Waals surface area contributed by atoms with Crippen molar-refractivity contribution >= 4 is 5.82 Å².